The molecule has 1 aliphatic rings. The van der Waals surface area contributed by atoms with Crippen LogP contribution in [-0.4, -0.2) is 37.0 Å². The molecule has 0 radical (unpaired) electrons. The lowest BCUT2D eigenvalue weighted by atomic mass is 9.93. The zero-order valence-corrected chi connectivity index (χ0v) is 12.2. The van der Waals surface area contributed by atoms with E-state index in [0.29, 0.717) is 12.5 Å². The molecule has 1 aromatic rings. The van der Waals surface area contributed by atoms with Crippen LogP contribution in [0, 0.1) is 5.92 Å². The highest BCUT2D eigenvalue weighted by molar-refractivity contribution is 5.94. The second-order valence-corrected chi connectivity index (χ2v) is 5.27. The smallest absolute Gasteiger partial charge is 0.253 e. The third-order valence-corrected chi connectivity index (χ3v) is 3.89. The van der Waals surface area contributed by atoms with Crippen LogP contribution in [0.15, 0.2) is 24.3 Å². The Kier molecular flexibility index (Phi) is 5.41. The summed E-state index contributed by atoms with van der Waals surface area (Å²) in [5.74, 6) is 1.62. The number of ether oxygens (including phenoxy) is 1. The van der Waals surface area contributed by atoms with Gasteiger partial charge in [0.1, 0.15) is 5.75 Å². The van der Waals surface area contributed by atoms with Gasteiger partial charge in [-0.15, -0.1) is 0 Å². The first-order valence-corrected chi connectivity index (χ1v) is 7.46. The molecule has 0 unspecified atom stereocenters. The van der Waals surface area contributed by atoms with Crippen LogP contribution in [0.5, 0.6) is 5.75 Å². The molecule has 1 amide bonds. The van der Waals surface area contributed by atoms with Crippen LogP contribution in [0.2, 0.25) is 0 Å². The molecule has 110 valence electrons. The van der Waals surface area contributed by atoms with Crippen molar-refractivity contribution in [3.63, 3.8) is 0 Å². The molecule has 1 aromatic carbocycles. The number of hydrogen-bond acceptors (Lipinski definition) is 3. The van der Waals surface area contributed by atoms with Crippen LogP contribution in [0.3, 0.4) is 0 Å². The van der Waals surface area contributed by atoms with Gasteiger partial charge in [0, 0.05) is 18.7 Å². The van der Waals surface area contributed by atoms with Gasteiger partial charge in [-0.25, -0.2) is 0 Å². The van der Waals surface area contributed by atoms with E-state index in [9.17, 15) is 4.79 Å². The summed E-state index contributed by atoms with van der Waals surface area (Å²) < 4.78 is 5.39. The summed E-state index contributed by atoms with van der Waals surface area (Å²) in [6, 6.07) is 7.41. The molecule has 20 heavy (non-hydrogen) atoms. The maximum Gasteiger partial charge on any atom is 0.253 e. The van der Waals surface area contributed by atoms with Gasteiger partial charge in [-0.05, 0) is 62.9 Å². The Morgan fingerprint density at radius 3 is 2.50 bits per heavy atom. The van der Waals surface area contributed by atoms with Crippen LogP contribution >= 0.6 is 0 Å². The minimum atomic E-state index is 0.124. The van der Waals surface area contributed by atoms with Gasteiger partial charge < -0.3 is 15.4 Å². The van der Waals surface area contributed by atoms with Crippen molar-refractivity contribution in [2.24, 2.45) is 11.7 Å². The van der Waals surface area contributed by atoms with Gasteiger partial charge in [0.2, 0.25) is 0 Å². The third-order valence-electron chi connectivity index (χ3n) is 3.89. The van der Waals surface area contributed by atoms with Crippen LogP contribution in [-0.2, 0) is 0 Å². The first-order valence-electron chi connectivity index (χ1n) is 7.46. The van der Waals surface area contributed by atoms with E-state index in [1.54, 1.807) is 0 Å². The number of nitrogens with two attached hydrogens (primary N) is 1. The minimum Gasteiger partial charge on any atom is -0.494 e. The summed E-state index contributed by atoms with van der Waals surface area (Å²) in [5.41, 5.74) is 6.33. The lowest BCUT2D eigenvalue weighted by Crippen LogP contribution is -2.38. The number of likely N-dealkylation sites (tertiary alicyclic amines) is 1. The predicted molar refractivity (Wildman–Crippen MR) is 79.9 cm³/mol. The molecule has 2 N–H and O–H groups in total. The van der Waals surface area contributed by atoms with Crippen molar-refractivity contribution in [1.29, 1.82) is 0 Å². The Hall–Kier alpha value is -1.55. The molecular weight excluding hydrogens is 252 g/mol. The summed E-state index contributed by atoms with van der Waals surface area (Å²) in [6.07, 6.45) is 3.21. The van der Waals surface area contributed by atoms with E-state index < -0.39 is 0 Å². The Labute approximate surface area is 120 Å². The molecule has 4 heteroatoms. The van der Waals surface area contributed by atoms with Gasteiger partial charge in [-0.3, -0.25) is 4.79 Å². The molecule has 0 spiro atoms. The highest BCUT2D eigenvalue weighted by Crippen LogP contribution is 2.22. The summed E-state index contributed by atoms with van der Waals surface area (Å²) in [4.78, 5) is 14.3. The standard InChI is InChI=1S/C16H24N2O2/c1-2-20-15-5-3-14(4-6-15)16(19)18-11-8-13(7-10-17)9-12-18/h3-6,13H,2,7-12,17H2,1H3. The average Bonchev–Trinajstić information content (AvgIpc) is 2.49. The zero-order chi connectivity index (χ0) is 14.4. The molecule has 0 atom stereocenters. The van der Waals surface area contributed by atoms with Crippen LogP contribution in [0.25, 0.3) is 0 Å². The number of amides is 1. The van der Waals surface area contributed by atoms with Gasteiger partial charge >= 0.3 is 0 Å². The van der Waals surface area contributed by atoms with Crippen molar-refractivity contribution in [2.75, 3.05) is 26.2 Å². The molecule has 0 aliphatic carbocycles. The molecule has 2 rings (SSSR count). The van der Waals surface area contributed by atoms with E-state index in [1.165, 1.54) is 0 Å². The molecule has 0 saturated carbocycles. The lowest BCUT2D eigenvalue weighted by Gasteiger charge is -2.32. The topological polar surface area (TPSA) is 55.6 Å². The summed E-state index contributed by atoms with van der Waals surface area (Å²) >= 11 is 0. The molecule has 0 bridgehead atoms. The maximum atomic E-state index is 12.4. The zero-order valence-electron chi connectivity index (χ0n) is 12.2. The largest absolute Gasteiger partial charge is 0.494 e. The van der Waals surface area contributed by atoms with Crippen molar-refractivity contribution in [1.82, 2.24) is 4.90 Å². The first-order chi connectivity index (χ1) is 9.74. The van der Waals surface area contributed by atoms with Gasteiger partial charge in [-0.2, -0.15) is 0 Å². The SMILES string of the molecule is CCOc1ccc(C(=O)N2CCC(CCN)CC2)cc1. The molecule has 1 aliphatic heterocycles. The second-order valence-electron chi connectivity index (χ2n) is 5.27. The first kappa shape index (κ1) is 14.9. The van der Waals surface area contributed by atoms with E-state index in [4.69, 9.17) is 10.5 Å². The molecular formula is C16H24N2O2. The Morgan fingerprint density at radius 1 is 1.30 bits per heavy atom. The number of nitrogens with zero attached hydrogens (tertiary/aromatic N) is 1. The quantitative estimate of drug-likeness (QED) is 0.897. The van der Waals surface area contributed by atoms with Crippen LogP contribution in [0.1, 0.15) is 36.5 Å². The summed E-state index contributed by atoms with van der Waals surface area (Å²) in [6.45, 7) is 5.03. The Bertz CT molecular complexity index is 423. The monoisotopic (exact) mass is 276 g/mol. The molecule has 1 fully saturated rings. The van der Waals surface area contributed by atoms with Gasteiger partial charge in [0.15, 0.2) is 0 Å². The van der Waals surface area contributed by atoms with E-state index in [2.05, 4.69) is 0 Å². The summed E-state index contributed by atoms with van der Waals surface area (Å²) in [7, 11) is 0. The number of carbonyl (C=O) groups is 1. The van der Waals surface area contributed by atoms with E-state index >= 15 is 0 Å². The molecule has 4 nitrogen and oxygen atoms in total. The van der Waals surface area contributed by atoms with E-state index in [0.717, 1.165) is 50.2 Å². The highest BCUT2D eigenvalue weighted by Gasteiger charge is 2.23. The fraction of sp³-hybridized carbons (Fsp3) is 0.562. The average molecular weight is 276 g/mol. The number of hydrogen-bond donors (Lipinski definition) is 1. The maximum absolute atomic E-state index is 12.4. The fourth-order valence-electron chi connectivity index (χ4n) is 2.70. The number of carbonyl (C=O) groups excluding carboxylic acids is 1. The van der Waals surface area contributed by atoms with Crippen molar-refractivity contribution in [3.05, 3.63) is 29.8 Å². The van der Waals surface area contributed by atoms with E-state index in [1.807, 2.05) is 36.1 Å². The Morgan fingerprint density at radius 2 is 1.95 bits per heavy atom. The van der Waals surface area contributed by atoms with Crippen molar-refractivity contribution in [3.8, 4) is 5.75 Å². The van der Waals surface area contributed by atoms with Crippen molar-refractivity contribution < 1.29 is 9.53 Å². The van der Waals surface area contributed by atoms with Crippen molar-refractivity contribution >= 4 is 5.91 Å². The Balaban J connectivity index is 1.91. The highest BCUT2D eigenvalue weighted by atomic mass is 16.5. The lowest BCUT2D eigenvalue weighted by molar-refractivity contribution is 0.0688. The number of rotatable bonds is 5. The van der Waals surface area contributed by atoms with Crippen molar-refractivity contribution in [2.45, 2.75) is 26.2 Å². The molecule has 1 heterocycles. The minimum absolute atomic E-state index is 0.124. The third kappa shape index (κ3) is 3.73. The normalized spacial score (nSPS) is 16.2. The molecule has 1 saturated heterocycles. The molecule has 0 aromatic heterocycles. The van der Waals surface area contributed by atoms with Crippen LogP contribution < -0.4 is 10.5 Å². The predicted octanol–water partition coefficient (Wildman–Crippen LogP) is 2.29. The fourth-order valence-corrected chi connectivity index (χ4v) is 2.70. The number of benzene rings is 1. The number of piperidine rings is 1. The van der Waals surface area contributed by atoms with Gasteiger partial charge in [-0.1, -0.05) is 0 Å². The summed E-state index contributed by atoms with van der Waals surface area (Å²) in [5, 5.41) is 0. The van der Waals surface area contributed by atoms with Gasteiger partial charge in [0.25, 0.3) is 5.91 Å². The van der Waals surface area contributed by atoms with Crippen LogP contribution in [0.4, 0.5) is 0 Å². The van der Waals surface area contributed by atoms with E-state index in [-0.39, 0.29) is 5.91 Å². The second kappa shape index (κ2) is 7.29. The van der Waals surface area contributed by atoms with Gasteiger partial charge in [0.05, 0.1) is 6.61 Å².